The molecular formula is C29H43N3O6S. The molecule has 0 bridgehead atoms. The minimum atomic E-state index is -3.68. The molecule has 1 amide bonds. The number of hydrogen-bond acceptors (Lipinski definition) is 7. The van der Waals surface area contributed by atoms with E-state index in [1.54, 1.807) is 36.4 Å². The number of rotatable bonds is 12. The number of carbonyl (C=O) groups excluding carboxylic acids is 1. The third-order valence-corrected chi connectivity index (χ3v) is 9.26. The molecule has 0 aromatic heterocycles. The largest absolute Gasteiger partial charge is 0.493 e. The zero-order valence-corrected chi connectivity index (χ0v) is 24.9. The van der Waals surface area contributed by atoms with Gasteiger partial charge in [-0.1, -0.05) is 19.3 Å². The van der Waals surface area contributed by atoms with E-state index in [1.807, 2.05) is 27.7 Å². The van der Waals surface area contributed by atoms with Crippen LogP contribution in [0.15, 0.2) is 41.3 Å². The first-order chi connectivity index (χ1) is 18.5. The Hall–Kier alpha value is -2.98. The minimum absolute atomic E-state index is 0.114. The molecule has 1 saturated carbocycles. The standard InChI is InChI=1S/C29H43N3O6S/c1-19(2)32(20(3)4)39(34,35)24-15-13-23(14-16-24)30-27(29(33)31-22-11-9-8-10-12-22)21-17-25(36-5)28(38-7)26(18-21)37-6/h13-20,22,27,30H,8-12H2,1-7H3,(H,31,33). The molecule has 0 spiro atoms. The van der Waals surface area contributed by atoms with Gasteiger partial charge in [-0.25, -0.2) is 8.42 Å². The number of benzene rings is 2. The number of carbonyl (C=O) groups is 1. The van der Waals surface area contributed by atoms with Gasteiger partial charge in [0.05, 0.1) is 26.2 Å². The zero-order chi connectivity index (χ0) is 28.7. The van der Waals surface area contributed by atoms with Crippen molar-refractivity contribution in [3.63, 3.8) is 0 Å². The molecule has 2 aromatic carbocycles. The average molecular weight is 562 g/mol. The highest BCUT2D eigenvalue weighted by Gasteiger charge is 2.30. The fraction of sp³-hybridized carbons (Fsp3) is 0.552. The average Bonchev–Trinajstić information content (AvgIpc) is 2.90. The van der Waals surface area contributed by atoms with Crippen LogP contribution in [-0.4, -0.2) is 58.1 Å². The van der Waals surface area contributed by atoms with Gasteiger partial charge < -0.3 is 24.8 Å². The van der Waals surface area contributed by atoms with Crippen molar-refractivity contribution >= 4 is 21.6 Å². The molecule has 0 heterocycles. The van der Waals surface area contributed by atoms with Crippen LogP contribution in [0, 0.1) is 0 Å². The molecule has 0 saturated heterocycles. The molecule has 1 unspecified atom stereocenters. The third-order valence-electron chi connectivity index (χ3n) is 6.99. The number of nitrogens with one attached hydrogen (secondary N) is 2. The smallest absolute Gasteiger partial charge is 0.247 e. The van der Waals surface area contributed by atoms with E-state index in [9.17, 15) is 13.2 Å². The van der Waals surface area contributed by atoms with Crippen LogP contribution in [0.2, 0.25) is 0 Å². The molecular weight excluding hydrogens is 518 g/mol. The molecule has 39 heavy (non-hydrogen) atoms. The Kier molecular flexibility index (Phi) is 10.5. The van der Waals surface area contributed by atoms with Crippen LogP contribution < -0.4 is 24.8 Å². The lowest BCUT2D eigenvalue weighted by Gasteiger charge is -2.29. The van der Waals surface area contributed by atoms with Gasteiger partial charge in [0.25, 0.3) is 0 Å². The van der Waals surface area contributed by atoms with Gasteiger partial charge in [-0.3, -0.25) is 4.79 Å². The molecule has 0 aliphatic heterocycles. The summed E-state index contributed by atoms with van der Waals surface area (Å²) >= 11 is 0. The predicted octanol–water partition coefficient (Wildman–Crippen LogP) is 5.12. The normalized spacial score (nSPS) is 15.3. The number of anilines is 1. The van der Waals surface area contributed by atoms with Gasteiger partial charge in [-0.2, -0.15) is 4.31 Å². The van der Waals surface area contributed by atoms with E-state index in [4.69, 9.17) is 14.2 Å². The number of amides is 1. The Morgan fingerprint density at radius 1 is 0.872 bits per heavy atom. The van der Waals surface area contributed by atoms with Crippen LogP contribution in [0.3, 0.4) is 0 Å². The second kappa shape index (κ2) is 13.4. The first-order valence-corrected chi connectivity index (χ1v) is 15.0. The van der Waals surface area contributed by atoms with Crippen molar-refractivity contribution in [1.29, 1.82) is 0 Å². The summed E-state index contributed by atoms with van der Waals surface area (Å²) in [4.78, 5) is 13.8. The highest BCUT2D eigenvalue weighted by molar-refractivity contribution is 7.89. The number of sulfonamides is 1. The topological polar surface area (TPSA) is 106 Å². The fourth-order valence-corrected chi connectivity index (χ4v) is 7.10. The molecule has 1 aliphatic carbocycles. The van der Waals surface area contributed by atoms with Crippen LogP contribution >= 0.6 is 0 Å². The van der Waals surface area contributed by atoms with Crippen molar-refractivity contribution < 1.29 is 27.4 Å². The Balaban J connectivity index is 1.97. The molecule has 0 radical (unpaired) electrons. The second-order valence-electron chi connectivity index (χ2n) is 10.4. The van der Waals surface area contributed by atoms with Crippen molar-refractivity contribution in [2.24, 2.45) is 0 Å². The molecule has 1 atom stereocenters. The predicted molar refractivity (Wildman–Crippen MR) is 153 cm³/mol. The summed E-state index contributed by atoms with van der Waals surface area (Å²) in [5.74, 6) is 1.13. The lowest BCUT2D eigenvalue weighted by atomic mass is 9.94. The van der Waals surface area contributed by atoms with E-state index >= 15 is 0 Å². The Labute approximate surface area is 233 Å². The molecule has 216 valence electrons. The quantitative estimate of drug-likeness (QED) is 0.370. The van der Waals surface area contributed by atoms with Crippen molar-refractivity contribution in [3.05, 3.63) is 42.0 Å². The lowest BCUT2D eigenvalue weighted by molar-refractivity contribution is -0.122. The van der Waals surface area contributed by atoms with Crippen LogP contribution in [0.25, 0.3) is 0 Å². The van der Waals surface area contributed by atoms with E-state index in [2.05, 4.69) is 10.6 Å². The van der Waals surface area contributed by atoms with Gasteiger partial charge >= 0.3 is 0 Å². The first kappa shape index (κ1) is 30.6. The van der Waals surface area contributed by atoms with E-state index in [0.29, 0.717) is 28.5 Å². The maximum Gasteiger partial charge on any atom is 0.247 e. The Morgan fingerprint density at radius 3 is 1.87 bits per heavy atom. The zero-order valence-electron chi connectivity index (χ0n) is 24.1. The summed E-state index contributed by atoms with van der Waals surface area (Å²) in [6.07, 6.45) is 5.26. The molecule has 2 N–H and O–H groups in total. The summed E-state index contributed by atoms with van der Waals surface area (Å²) in [6, 6.07) is 8.98. The highest BCUT2D eigenvalue weighted by atomic mass is 32.2. The number of ether oxygens (including phenoxy) is 3. The summed E-state index contributed by atoms with van der Waals surface area (Å²) in [5, 5.41) is 6.51. The molecule has 2 aromatic rings. The van der Waals surface area contributed by atoms with Gasteiger partial charge in [0.15, 0.2) is 11.5 Å². The first-order valence-electron chi connectivity index (χ1n) is 13.5. The summed E-state index contributed by atoms with van der Waals surface area (Å²) in [5.41, 5.74) is 1.23. The van der Waals surface area contributed by atoms with Crippen molar-refractivity contribution in [3.8, 4) is 17.2 Å². The fourth-order valence-electron chi connectivity index (χ4n) is 5.26. The van der Waals surface area contributed by atoms with E-state index < -0.39 is 16.1 Å². The van der Waals surface area contributed by atoms with Crippen LogP contribution in [0.1, 0.15) is 71.4 Å². The number of methoxy groups -OCH3 is 3. The third kappa shape index (κ3) is 7.16. The van der Waals surface area contributed by atoms with Crippen LogP contribution in [0.4, 0.5) is 5.69 Å². The van der Waals surface area contributed by atoms with Crippen molar-refractivity contribution in [1.82, 2.24) is 9.62 Å². The molecule has 10 heteroatoms. The van der Waals surface area contributed by atoms with Gasteiger partial charge in [0, 0.05) is 23.8 Å². The van der Waals surface area contributed by atoms with Gasteiger partial charge in [-0.05, 0) is 82.5 Å². The maximum atomic E-state index is 13.6. The highest BCUT2D eigenvalue weighted by Crippen LogP contribution is 2.40. The molecule has 1 fully saturated rings. The summed E-state index contributed by atoms with van der Waals surface area (Å²) in [7, 11) is 0.910. The molecule has 1 aliphatic rings. The lowest BCUT2D eigenvalue weighted by Crippen LogP contribution is -2.42. The van der Waals surface area contributed by atoms with Gasteiger partial charge in [-0.15, -0.1) is 0 Å². The molecule has 9 nitrogen and oxygen atoms in total. The minimum Gasteiger partial charge on any atom is -0.493 e. The van der Waals surface area contributed by atoms with Gasteiger partial charge in [0.2, 0.25) is 21.7 Å². The Bertz CT molecular complexity index is 1180. The summed E-state index contributed by atoms with van der Waals surface area (Å²) in [6.45, 7) is 7.45. The van der Waals surface area contributed by atoms with Crippen molar-refractivity contribution in [2.75, 3.05) is 26.6 Å². The van der Waals surface area contributed by atoms with Crippen LogP contribution in [-0.2, 0) is 14.8 Å². The monoisotopic (exact) mass is 561 g/mol. The van der Waals surface area contributed by atoms with E-state index in [0.717, 1.165) is 25.7 Å². The number of nitrogens with zero attached hydrogens (tertiary/aromatic N) is 1. The van der Waals surface area contributed by atoms with Gasteiger partial charge in [0.1, 0.15) is 6.04 Å². The molecule has 3 rings (SSSR count). The summed E-state index contributed by atoms with van der Waals surface area (Å²) < 4.78 is 44.6. The van der Waals surface area contributed by atoms with Crippen molar-refractivity contribution in [2.45, 2.75) is 88.9 Å². The van der Waals surface area contributed by atoms with E-state index in [1.165, 1.54) is 32.1 Å². The maximum absolute atomic E-state index is 13.6. The number of hydrogen-bond donors (Lipinski definition) is 2. The second-order valence-corrected chi connectivity index (χ2v) is 12.3. The van der Waals surface area contributed by atoms with Crippen LogP contribution in [0.5, 0.6) is 17.2 Å². The Morgan fingerprint density at radius 2 is 1.41 bits per heavy atom. The van der Waals surface area contributed by atoms with E-state index in [-0.39, 0.29) is 28.9 Å². The SMILES string of the molecule is COc1cc(C(Nc2ccc(S(=O)(=O)N(C(C)C)C(C)C)cc2)C(=O)NC2CCCCC2)cc(OC)c1OC.